The smallest absolute Gasteiger partial charge is 0.320 e. The number of rotatable bonds is 4. The summed E-state index contributed by atoms with van der Waals surface area (Å²) in [5.74, 6) is -0.674. The van der Waals surface area contributed by atoms with Crippen molar-refractivity contribution in [3.8, 4) is 0 Å². The highest BCUT2D eigenvalue weighted by Crippen LogP contribution is 2.33. The molecule has 1 aromatic rings. The normalized spacial score (nSPS) is 23.4. The lowest BCUT2D eigenvalue weighted by molar-refractivity contribution is -0.143. The molecule has 4 heteroatoms. The number of aliphatic carboxylic acids is 1. The van der Waals surface area contributed by atoms with E-state index < -0.39 is 5.97 Å². The third-order valence-electron chi connectivity index (χ3n) is 3.24. The Bertz CT molecular complexity index is 350. The van der Waals surface area contributed by atoms with Crippen LogP contribution in [-0.2, 0) is 4.79 Å². The van der Waals surface area contributed by atoms with E-state index in [0.717, 1.165) is 25.8 Å². The molecule has 1 N–H and O–H groups in total. The average molecular weight is 239 g/mol. The van der Waals surface area contributed by atoms with Gasteiger partial charge in [-0.05, 0) is 37.3 Å². The molecule has 0 bridgehead atoms. The van der Waals surface area contributed by atoms with Gasteiger partial charge in [0.1, 0.15) is 6.04 Å². The van der Waals surface area contributed by atoms with Gasteiger partial charge in [0, 0.05) is 10.9 Å². The van der Waals surface area contributed by atoms with Crippen molar-refractivity contribution < 1.29 is 9.90 Å². The van der Waals surface area contributed by atoms with Gasteiger partial charge in [-0.15, -0.1) is 11.3 Å². The van der Waals surface area contributed by atoms with Crippen LogP contribution >= 0.6 is 11.3 Å². The molecule has 2 atom stereocenters. The summed E-state index contributed by atoms with van der Waals surface area (Å²) in [6.07, 6.45) is 2.76. The van der Waals surface area contributed by atoms with Crippen molar-refractivity contribution in [2.45, 2.75) is 38.3 Å². The lowest BCUT2D eigenvalue weighted by Gasteiger charge is -2.29. The Balaban J connectivity index is 2.18. The fourth-order valence-corrected chi connectivity index (χ4v) is 3.44. The number of nitrogens with zero attached hydrogens (tertiary/aromatic N) is 1. The molecule has 0 aliphatic carbocycles. The summed E-state index contributed by atoms with van der Waals surface area (Å²) < 4.78 is 0. The van der Waals surface area contributed by atoms with Crippen LogP contribution in [0.2, 0.25) is 0 Å². The first kappa shape index (κ1) is 11.6. The Hall–Kier alpha value is -0.870. The molecular formula is C12H17NO2S. The molecule has 1 aromatic heterocycles. The van der Waals surface area contributed by atoms with Crippen molar-refractivity contribution in [2.24, 2.45) is 0 Å². The number of hydrogen-bond acceptors (Lipinski definition) is 3. The van der Waals surface area contributed by atoms with Crippen LogP contribution in [0, 0.1) is 0 Å². The van der Waals surface area contributed by atoms with Gasteiger partial charge in [-0.1, -0.05) is 13.0 Å². The molecule has 3 nitrogen and oxygen atoms in total. The van der Waals surface area contributed by atoms with Gasteiger partial charge >= 0.3 is 5.97 Å². The summed E-state index contributed by atoms with van der Waals surface area (Å²) in [6.45, 7) is 3.04. The van der Waals surface area contributed by atoms with E-state index in [1.54, 1.807) is 11.3 Å². The van der Waals surface area contributed by atoms with Gasteiger partial charge in [-0.2, -0.15) is 0 Å². The van der Waals surface area contributed by atoms with E-state index in [-0.39, 0.29) is 12.1 Å². The maximum absolute atomic E-state index is 11.2. The van der Waals surface area contributed by atoms with Gasteiger partial charge in [-0.3, -0.25) is 9.69 Å². The third kappa shape index (κ3) is 2.13. The van der Waals surface area contributed by atoms with Crippen molar-refractivity contribution >= 4 is 17.3 Å². The van der Waals surface area contributed by atoms with E-state index in [2.05, 4.69) is 23.3 Å². The van der Waals surface area contributed by atoms with Crippen LogP contribution in [0.5, 0.6) is 0 Å². The lowest BCUT2D eigenvalue weighted by atomic mass is 10.1. The predicted octanol–water partition coefficient (Wildman–Crippen LogP) is 2.75. The number of carbonyl (C=O) groups is 1. The zero-order valence-electron chi connectivity index (χ0n) is 9.43. The van der Waals surface area contributed by atoms with Crippen molar-refractivity contribution in [1.29, 1.82) is 0 Å². The van der Waals surface area contributed by atoms with Gasteiger partial charge in [0.2, 0.25) is 0 Å². The molecule has 1 saturated heterocycles. The van der Waals surface area contributed by atoms with Crippen molar-refractivity contribution in [3.63, 3.8) is 0 Å². The second-order valence-corrected chi connectivity index (χ2v) is 5.15. The minimum atomic E-state index is -0.674. The largest absolute Gasteiger partial charge is 0.480 e. The van der Waals surface area contributed by atoms with Gasteiger partial charge in [0.15, 0.2) is 0 Å². The summed E-state index contributed by atoms with van der Waals surface area (Å²) in [5, 5.41) is 11.2. The summed E-state index contributed by atoms with van der Waals surface area (Å²) in [6, 6.07) is 4.14. The van der Waals surface area contributed by atoms with Crippen LogP contribution in [0.25, 0.3) is 0 Å². The zero-order chi connectivity index (χ0) is 11.5. The highest BCUT2D eigenvalue weighted by atomic mass is 32.1. The van der Waals surface area contributed by atoms with Crippen LogP contribution in [0.1, 0.15) is 37.1 Å². The summed E-state index contributed by atoms with van der Waals surface area (Å²) in [4.78, 5) is 14.6. The molecule has 0 saturated carbocycles. The number of carboxylic acid groups (broad SMARTS) is 1. The highest BCUT2D eigenvalue weighted by Gasteiger charge is 2.35. The molecule has 16 heavy (non-hydrogen) atoms. The molecule has 0 aromatic carbocycles. The number of likely N-dealkylation sites (tertiary alicyclic amines) is 1. The Morgan fingerprint density at radius 1 is 1.75 bits per heavy atom. The quantitative estimate of drug-likeness (QED) is 0.878. The maximum Gasteiger partial charge on any atom is 0.320 e. The minimum absolute atomic E-state index is 0.281. The summed E-state index contributed by atoms with van der Waals surface area (Å²) in [5.41, 5.74) is 0. The monoisotopic (exact) mass is 239 g/mol. The maximum atomic E-state index is 11.2. The van der Waals surface area contributed by atoms with Gasteiger partial charge in [0.25, 0.3) is 0 Å². The van der Waals surface area contributed by atoms with Crippen LogP contribution in [0.15, 0.2) is 17.5 Å². The van der Waals surface area contributed by atoms with E-state index in [1.165, 1.54) is 4.88 Å². The highest BCUT2D eigenvalue weighted by molar-refractivity contribution is 7.10. The lowest BCUT2D eigenvalue weighted by Crippen LogP contribution is -2.38. The van der Waals surface area contributed by atoms with E-state index >= 15 is 0 Å². The molecule has 0 spiro atoms. The molecule has 2 unspecified atom stereocenters. The average Bonchev–Trinajstić information content (AvgIpc) is 2.88. The van der Waals surface area contributed by atoms with E-state index in [0.29, 0.717) is 0 Å². The number of hydrogen-bond donors (Lipinski definition) is 1. The van der Waals surface area contributed by atoms with Crippen molar-refractivity contribution in [1.82, 2.24) is 4.90 Å². The molecule has 1 fully saturated rings. The van der Waals surface area contributed by atoms with Crippen LogP contribution in [0.4, 0.5) is 0 Å². The van der Waals surface area contributed by atoms with Crippen molar-refractivity contribution in [3.05, 3.63) is 22.4 Å². The van der Waals surface area contributed by atoms with Gasteiger partial charge in [-0.25, -0.2) is 0 Å². The Morgan fingerprint density at radius 2 is 2.56 bits per heavy atom. The van der Waals surface area contributed by atoms with E-state index in [1.807, 2.05) is 6.07 Å². The molecule has 0 radical (unpaired) electrons. The SMILES string of the molecule is CCC(c1cccs1)N1CCCC1C(=O)O. The molecule has 0 amide bonds. The van der Waals surface area contributed by atoms with Crippen molar-refractivity contribution in [2.75, 3.05) is 6.54 Å². The van der Waals surface area contributed by atoms with E-state index in [4.69, 9.17) is 0 Å². The second kappa shape index (κ2) is 4.97. The predicted molar refractivity (Wildman–Crippen MR) is 64.7 cm³/mol. The number of carboxylic acids is 1. The Labute approximate surface area is 99.7 Å². The first-order valence-corrected chi connectivity index (χ1v) is 6.64. The first-order chi connectivity index (χ1) is 7.74. The zero-order valence-corrected chi connectivity index (χ0v) is 10.2. The summed E-state index contributed by atoms with van der Waals surface area (Å²) in [7, 11) is 0. The third-order valence-corrected chi connectivity index (χ3v) is 4.21. The standard InChI is InChI=1S/C12H17NO2S/c1-2-9(11-6-4-8-16-11)13-7-3-5-10(13)12(14)15/h4,6,8-10H,2-3,5,7H2,1H3,(H,14,15). The first-order valence-electron chi connectivity index (χ1n) is 5.76. The summed E-state index contributed by atoms with van der Waals surface area (Å²) >= 11 is 1.72. The van der Waals surface area contributed by atoms with Crippen LogP contribution in [0.3, 0.4) is 0 Å². The van der Waals surface area contributed by atoms with Crippen LogP contribution in [-0.4, -0.2) is 28.6 Å². The minimum Gasteiger partial charge on any atom is -0.480 e. The Kier molecular flexibility index (Phi) is 3.61. The molecule has 2 heterocycles. The molecule has 88 valence electrons. The van der Waals surface area contributed by atoms with E-state index in [9.17, 15) is 9.90 Å². The molecule has 2 rings (SSSR count). The van der Waals surface area contributed by atoms with Crippen LogP contribution < -0.4 is 0 Å². The second-order valence-electron chi connectivity index (χ2n) is 4.17. The molecular weight excluding hydrogens is 222 g/mol. The molecule has 1 aliphatic rings. The topological polar surface area (TPSA) is 40.5 Å². The fraction of sp³-hybridized carbons (Fsp3) is 0.583. The molecule has 1 aliphatic heterocycles. The Morgan fingerprint density at radius 3 is 3.12 bits per heavy atom. The number of thiophene rings is 1. The van der Waals surface area contributed by atoms with Gasteiger partial charge < -0.3 is 5.11 Å². The fourth-order valence-electron chi connectivity index (χ4n) is 2.51. The van der Waals surface area contributed by atoms with Gasteiger partial charge in [0.05, 0.1) is 0 Å².